The molecule has 2 saturated carbocycles. The molecule has 0 bridgehead atoms. The molecule has 2 aromatic heterocycles. The van der Waals surface area contributed by atoms with Crippen LogP contribution in [0, 0.1) is 5.92 Å². The molecule has 0 N–H and O–H groups in total. The molecule has 2 aliphatic carbocycles. The second kappa shape index (κ2) is 5.40. The topological polar surface area (TPSA) is 72.1 Å². The Bertz CT molecular complexity index is 755. The first-order valence-corrected chi connectivity index (χ1v) is 8.85. The quantitative estimate of drug-likeness (QED) is 0.865. The van der Waals surface area contributed by atoms with Crippen LogP contribution >= 0.6 is 0 Å². The van der Waals surface area contributed by atoms with E-state index in [1.165, 1.54) is 5.56 Å². The Labute approximate surface area is 140 Å². The van der Waals surface area contributed by atoms with Crippen LogP contribution in [0.25, 0.3) is 0 Å². The molecule has 24 heavy (non-hydrogen) atoms. The highest BCUT2D eigenvalue weighted by molar-refractivity contribution is 5.83. The van der Waals surface area contributed by atoms with Crippen molar-refractivity contribution in [2.24, 2.45) is 5.92 Å². The van der Waals surface area contributed by atoms with Crippen molar-refractivity contribution in [3.05, 3.63) is 41.8 Å². The molecule has 2 aromatic rings. The van der Waals surface area contributed by atoms with Gasteiger partial charge in [0.25, 0.3) is 0 Å². The predicted octanol–water partition coefficient (Wildman–Crippen LogP) is 2.81. The van der Waals surface area contributed by atoms with Gasteiger partial charge in [0, 0.05) is 30.8 Å². The van der Waals surface area contributed by atoms with Gasteiger partial charge in [0.15, 0.2) is 5.82 Å². The summed E-state index contributed by atoms with van der Waals surface area (Å²) >= 11 is 0. The van der Waals surface area contributed by atoms with Crippen molar-refractivity contribution in [2.45, 2.75) is 50.0 Å². The van der Waals surface area contributed by atoms with E-state index in [1.807, 2.05) is 17.2 Å². The van der Waals surface area contributed by atoms with Crippen molar-refractivity contribution in [3.63, 3.8) is 0 Å². The van der Waals surface area contributed by atoms with E-state index in [4.69, 9.17) is 4.52 Å². The molecule has 3 atom stereocenters. The predicted molar refractivity (Wildman–Crippen MR) is 85.0 cm³/mol. The molecule has 3 heterocycles. The minimum Gasteiger partial charge on any atom is -0.339 e. The zero-order valence-corrected chi connectivity index (χ0v) is 13.5. The summed E-state index contributed by atoms with van der Waals surface area (Å²) in [5, 5.41) is 4.16. The summed E-state index contributed by atoms with van der Waals surface area (Å²) in [6.45, 7) is 0.799. The molecule has 1 amide bonds. The molecule has 6 nitrogen and oxygen atoms in total. The van der Waals surface area contributed by atoms with Gasteiger partial charge in [-0.1, -0.05) is 11.2 Å². The summed E-state index contributed by atoms with van der Waals surface area (Å²) in [4.78, 5) is 23.7. The fraction of sp³-hybridized carbons (Fsp3) is 0.556. The van der Waals surface area contributed by atoms with Crippen LogP contribution in [0.1, 0.15) is 67.3 Å². The number of nitrogens with zero attached hydrogens (tertiary/aromatic N) is 4. The molecule has 0 spiro atoms. The fourth-order valence-electron chi connectivity index (χ4n) is 3.82. The Morgan fingerprint density at radius 3 is 3.00 bits per heavy atom. The maximum atomic E-state index is 12.9. The van der Waals surface area contributed by atoms with Crippen LogP contribution in [0.3, 0.4) is 0 Å². The van der Waals surface area contributed by atoms with Crippen molar-refractivity contribution in [2.75, 3.05) is 6.54 Å². The highest BCUT2D eigenvalue weighted by atomic mass is 16.5. The summed E-state index contributed by atoms with van der Waals surface area (Å²) in [6, 6.07) is 3.99. The van der Waals surface area contributed by atoms with Gasteiger partial charge < -0.3 is 9.42 Å². The van der Waals surface area contributed by atoms with Gasteiger partial charge in [0.2, 0.25) is 11.8 Å². The number of carbonyl (C=O) groups is 1. The van der Waals surface area contributed by atoms with Crippen molar-refractivity contribution in [1.82, 2.24) is 20.0 Å². The summed E-state index contributed by atoms with van der Waals surface area (Å²) in [5.74, 6) is 2.55. The molecule has 3 aliphatic rings. The number of rotatable bonds is 4. The lowest BCUT2D eigenvalue weighted by Crippen LogP contribution is -2.32. The van der Waals surface area contributed by atoms with E-state index >= 15 is 0 Å². The van der Waals surface area contributed by atoms with Gasteiger partial charge >= 0.3 is 0 Å². The summed E-state index contributed by atoms with van der Waals surface area (Å²) in [7, 11) is 0. The summed E-state index contributed by atoms with van der Waals surface area (Å²) in [6.07, 6.45) is 8.79. The van der Waals surface area contributed by atoms with E-state index in [0.29, 0.717) is 17.7 Å². The average Bonchev–Trinajstić information content (AvgIpc) is 3.52. The molecule has 0 aromatic carbocycles. The van der Waals surface area contributed by atoms with Crippen molar-refractivity contribution in [3.8, 4) is 0 Å². The van der Waals surface area contributed by atoms with Gasteiger partial charge in [0.1, 0.15) is 0 Å². The van der Waals surface area contributed by atoms with Crippen LogP contribution < -0.4 is 0 Å². The number of amides is 1. The van der Waals surface area contributed by atoms with Crippen LogP contribution in [0.2, 0.25) is 0 Å². The molecule has 124 valence electrons. The maximum absolute atomic E-state index is 12.9. The van der Waals surface area contributed by atoms with E-state index in [0.717, 1.165) is 44.5 Å². The average molecular weight is 324 g/mol. The van der Waals surface area contributed by atoms with Crippen molar-refractivity contribution >= 4 is 5.91 Å². The van der Waals surface area contributed by atoms with Gasteiger partial charge in [0.05, 0.1) is 6.04 Å². The third-order valence-electron chi connectivity index (χ3n) is 5.44. The van der Waals surface area contributed by atoms with Crippen molar-refractivity contribution < 1.29 is 9.32 Å². The number of carbonyl (C=O) groups excluding carboxylic acids is 1. The van der Waals surface area contributed by atoms with Crippen LogP contribution in [-0.2, 0) is 4.79 Å². The van der Waals surface area contributed by atoms with Gasteiger partial charge in [-0.15, -0.1) is 0 Å². The number of pyridine rings is 1. The highest BCUT2D eigenvalue weighted by Crippen LogP contribution is 2.50. The second-order valence-corrected chi connectivity index (χ2v) is 7.19. The first-order chi connectivity index (χ1) is 11.8. The first kappa shape index (κ1) is 14.1. The van der Waals surface area contributed by atoms with Crippen LogP contribution in [0.15, 0.2) is 29.0 Å². The van der Waals surface area contributed by atoms with Crippen LogP contribution in [0.5, 0.6) is 0 Å². The van der Waals surface area contributed by atoms with E-state index in [9.17, 15) is 4.79 Å². The van der Waals surface area contributed by atoms with E-state index in [2.05, 4.69) is 21.2 Å². The van der Waals surface area contributed by atoms with Gasteiger partial charge in [-0.05, 0) is 49.7 Å². The van der Waals surface area contributed by atoms with Gasteiger partial charge in [-0.25, -0.2) is 0 Å². The molecule has 0 radical (unpaired) electrons. The van der Waals surface area contributed by atoms with E-state index < -0.39 is 0 Å². The Kier molecular flexibility index (Phi) is 3.18. The minimum absolute atomic E-state index is 0.0103. The summed E-state index contributed by atoms with van der Waals surface area (Å²) < 4.78 is 5.39. The normalized spacial score (nSPS) is 29.0. The maximum Gasteiger partial charge on any atom is 0.229 e. The SMILES string of the molecule is O=C([C@@H]1C[C@@H]1c1cccnc1)N1CCC[C@H]1c1noc(C2CC2)n1. The number of hydrogen-bond donors (Lipinski definition) is 0. The van der Waals surface area contributed by atoms with Crippen LogP contribution in [-0.4, -0.2) is 32.5 Å². The summed E-state index contributed by atoms with van der Waals surface area (Å²) in [5.41, 5.74) is 1.17. The highest BCUT2D eigenvalue weighted by Gasteiger charge is 2.48. The molecule has 3 fully saturated rings. The number of hydrogen-bond acceptors (Lipinski definition) is 5. The first-order valence-electron chi connectivity index (χ1n) is 8.85. The third kappa shape index (κ3) is 2.41. The molecule has 5 rings (SSSR count). The zero-order valence-electron chi connectivity index (χ0n) is 13.5. The fourth-order valence-corrected chi connectivity index (χ4v) is 3.82. The van der Waals surface area contributed by atoms with Crippen molar-refractivity contribution in [1.29, 1.82) is 0 Å². The second-order valence-electron chi connectivity index (χ2n) is 7.19. The lowest BCUT2D eigenvalue weighted by molar-refractivity contribution is -0.133. The van der Waals surface area contributed by atoms with Gasteiger partial charge in [-0.2, -0.15) is 4.98 Å². The molecule has 0 unspecified atom stereocenters. The minimum atomic E-state index is -0.0103. The molecule has 6 heteroatoms. The third-order valence-corrected chi connectivity index (χ3v) is 5.44. The molecular weight excluding hydrogens is 304 g/mol. The molecule has 1 aliphatic heterocycles. The lowest BCUT2D eigenvalue weighted by atomic mass is 10.1. The Morgan fingerprint density at radius 1 is 1.29 bits per heavy atom. The molecule has 1 saturated heterocycles. The number of likely N-dealkylation sites (tertiary alicyclic amines) is 1. The number of aromatic nitrogens is 3. The Balaban J connectivity index is 1.31. The smallest absolute Gasteiger partial charge is 0.229 e. The van der Waals surface area contributed by atoms with E-state index in [-0.39, 0.29) is 17.9 Å². The zero-order chi connectivity index (χ0) is 16.1. The monoisotopic (exact) mass is 324 g/mol. The van der Waals surface area contributed by atoms with E-state index in [1.54, 1.807) is 6.20 Å². The van der Waals surface area contributed by atoms with Gasteiger partial charge in [-0.3, -0.25) is 9.78 Å². The van der Waals surface area contributed by atoms with Crippen LogP contribution in [0.4, 0.5) is 0 Å². The molecular formula is C18H20N4O2. The Morgan fingerprint density at radius 2 is 2.21 bits per heavy atom. The lowest BCUT2D eigenvalue weighted by Gasteiger charge is -2.22. The Hall–Kier alpha value is -2.24. The standard InChI is InChI=1S/C18H20N4O2/c23-18(14-9-13(14)12-3-1-7-19-10-12)22-8-2-4-15(22)16-20-17(24-21-16)11-5-6-11/h1,3,7,10-11,13-15H,2,4-6,8-9H2/t13-,14-,15+/m1/s1. The largest absolute Gasteiger partial charge is 0.339 e.